The fraction of sp³-hybridized carbons (Fsp3) is 0.857. The smallest absolute Gasteiger partial charge is 0.0982 e. The van der Waals surface area contributed by atoms with Crippen LogP contribution in [-0.4, -0.2) is 50.9 Å². The van der Waals surface area contributed by atoms with Gasteiger partial charge in [-0.2, -0.15) is 0 Å². The van der Waals surface area contributed by atoms with Crippen molar-refractivity contribution in [3.8, 4) is 0 Å². The highest BCUT2D eigenvalue weighted by Gasteiger charge is 2.04. The molecule has 0 unspecified atom stereocenters. The lowest BCUT2D eigenvalue weighted by atomic mass is 10.1. The summed E-state index contributed by atoms with van der Waals surface area (Å²) in [5.74, 6) is -0.479. The number of hydrogen-bond donors (Lipinski definition) is 0. The number of hydrogen-bond acceptors (Lipinski definition) is 3. The van der Waals surface area contributed by atoms with Gasteiger partial charge in [-0.3, -0.25) is 0 Å². The quantitative estimate of drug-likeness (QED) is 0.284. The van der Waals surface area contributed by atoms with Gasteiger partial charge in [-0.1, -0.05) is 38.7 Å². The van der Waals surface area contributed by atoms with E-state index in [2.05, 4.69) is 34.6 Å². The molecule has 0 aliphatic rings. The molecule has 19 heavy (non-hydrogen) atoms. The summed E-state index contributed by atoms with van der Waals surface area (Å²) >= 11 is 0. The lowest BCUT2D eigenvalue weighted by molar-refractivity contribution is -0.870. The minimum Gasteiger partial charge on any atom is -0.748 e. The van der Waals surface area contributed by atoms with Crippen molar-refractivity contribution in [1.29, 1.82) is 0 Å². The number of quaternary nitrogens is 1. The van der Waals surface area contributed by atoms with Crippen molar-refractivity contribution in [3.05, 3.63) is 12.7 Å². The van der Waals surface area contributed by atoms with Crippen LogP contribution in [0.1, 0.15) is 45.4 Å². The van der Waals surface area contributed by atoms with E-state index >= 15 is 0 Å². The van der Waals surface area contributed by atoms with Crippen molar-refractivity contribution in [3.63, 3.8) is 0 Å². The van der Waals surface area contributed by atoms with Gasteiger partial charge >= 0.3 is 0 Å². The molecule has 0 aromatic rings. The van der Waals surface area contributed by atoms with Gasteiger partial charge in [-0.25, -0.2) is 8.42 Å². The summed E-state index contributed by atoms with van der Waals surface area (Å²) < 4.78 is 29.9. The zero-order valence-electron chi connectivity index (χ0n) is 13.0. The molecule has 0 aliphatic heterocycles. The van der Waals surface area contributed by atoms with Gasteiger partial charge in [0.2, 0.25) is 0 Å². The van der Waals surface area contributed by atoms with Crippen LogP contribution in [-0.2, 0) is 10.1 Å². The third-order valence-corrected chi connectivity index (χ3v) is 3.15. The number of nitrogens with zero attached hydrogens (tertiary/aromatic N) is 1. The molecule has 0 bridgehead atoms. The van der Waals surface area contributed by atoms with Crippen molar-refractivity contribution in [1.82, 2.24) is 0 Å². The van der Waals surface area contributed by atoms with Crippen molar-refractivity contribution in [2.24, 2.45) is 0 Å². The van der Waals surface area contributed by atoms with Crippen molar-refractivity contribution < 1.29 is 17.5 Å². The van der Waals surface area contributed by atoms with E-state index in [1.54, 1.807) is 0 Å². The Bertz CT molecular complexity index is 305. The molecule has 0 heterocycles. The molecular formula is C14H31NO3S. The van der Waals surface area contributed by atoms with Gasteiger partial charge in [0.15, 0.2) is 0 Å². The van der Waals surface area contributed by atoms with Gasteiger partial charge in [-0.05, 0) is 12.8 Å². The second-order valence-electron chi connectivity index (χ2n) is 5.79. The highest BCUT2D eigenvalue weighted by molar-refractivity contribution is 7.85. The van der Waals surface area contributed by atoms with Crippen LogP contribution in [0.5, 0.6) is 0 Å². The van der Waals surface area contributed by atoms with E-state index in [-0.39, 0.29) is 0 Å². The third kappa shape index (κ3) is 27.0. The first kappa shape index (κ1) is 20.9. The predicted octanol–water partition coefficient (Wildman–Crippen LogP) is 2.77. The largest absolute Gasteiger partial charge is 0.748 e. The van der Waals surface area contributed by atoms with Gasteiger partial charge < -0.3 is 9.04 Å². The molecule has 0 saturated heterocycles. The summed E-state index contributed by atoms with van der Waals surface area (Å²) in [5.41, 5.74) is 0. The van der Waals surface area contributed by atoms with E-state index in [9.17, 15) is 13.0 Å². The Morgan fingerprint density at radius 1 is 1.05 bits per heavy atom. The standard InChI is InChI=1S/C11H26N.C3H6O3S/c1-5-6-7-8-9-10-11-12(2,3)4;1-2-3-7(4,5)6/h5-11H2,1-4H3;2H,1,3H2,(H,4,5,6)/q+1;/p-1. The molecule has 4 nitrogen and oxygen atoms in total. The molecule has 0 rings (SSSR count). The number of rotatable bonds is 9. The van der Waals surface area contributed by atoms with Crippen LogP contribution in [0.15, 0.2) is 12.7 Å². The van der Waals surface area contributed by atoms with Crippen LogP contribution in [0.2, 0.25) is 0 Å². The fourth-order valence-electron chi connectivity index (χ4n) is 1.51. The Morgan fingerprint density at radius 2 is 1.53 bits per heavy atom. The van der Waals surface area contributed by atoms with Crippen molar-refractivity contribution in [2.45, 2.75) is 45.4 Å². The maximum absolute atomic E-state index is 9.60. The van der Waals surface area contributed by atoms with E-state index in [0.717, 1.165) is 10.6 Å². The Kier molecular flexibility index (Phi) is 12.6. The lowest BCUT2D eigenvalue weighted by Crippen LogP contribution is -2.35. The maximum Gasteiger partial charge on any atom is 0.0982 e. The summed E-state index contributed by atoms with van der Waals surface area (Å²) in [6.45, 7) is 6.66. The van der Waals surface area contributed by atoms with Gasteiger partial charge in [-0.15, -0.1) is 6.58 Å². The highest BCUT2D eigenvalue weighted by atomic mass is 32.2. The molecule has 0 radical (unpaired) electrons. The van der Waals surface area contributed by atoms with Gasteiger partial charge in [0.1, 0.15) is 0 Å². The van der Waals surface area contributed by atoms with Crippen LogP contribution >= 0.6 is 0 Å². The van der Waals surface area contributed by atoms with Crippen LogP contribution in [0.25, 0.3) is 0 Å². The molecule has 0 aromatic heterocycles. The molecule has 116 valence electrons. The average molecular weight is 293 g/mol. The Hall–Kier alpha value is -0.390. The first-order valence-electron chi connectivity index (χ1n) is 6.97. The van der Waals surface area contributed by atoms with Gasteiger partial charge in [0, 0.05) is 0 Å². The van der Waals surface area contributed by atoms with Crippen LogP contribution in [0.4, 0.5) is 0 Å². The van der Waals surface area contributed by atoms with E-state index in [4.69, 9.17) is 0 Å². The Labute approximate surface area is 119 Å². The minimum atomic E-state index is -4.04. The average Bonchev–Trinajstić information content (AvgIpc) is 2.21. The zero-order chi connectivity index (χ0) is 15.4. The molecule has 0 N–H and O–H groups in total. The van der Waals surface area contributed by atoms with E-state index < -0.39 is 15.9 Å². The zero-order valence-corrected chi connectivity index (χ0v) is 13.8. The predicted molar refractivity (Wildman–Crippen MR) is 81.0 cm³/mol. The van der Waals surface area contributed by atoms with Crippen molar-refractivity contribution in [2.75, 3.05) is 33.4 Å². The normalized spacial score (nSPS) is 11.6. The van der Waals surface area contributed by atoms with Gasteiger partial charge in [0.25, 0.3) is 0 Å². The van der Waals surface area contributed by atoms with Crippen LogP contribution in [0, 0.1) is 0 Å². The Morgan fingerprint density at radius 3 is 1.84 bits per heavy atom. The van der Waals surface area contributed by atoms with Crippen LogP contribution < -0.4 is 0 Å². The summed E-state index contributed by atoms with van der Waals surface area (Å²) in [7, 11) is 2.77. The molecular weight excluding hydrogens is 262 g/mol. The van der Waals surface area contributed by atoms with Crippen LogP contribution in [0.3, 0.4) is 0 Å². The third-order valence-electron chi connectivity index (χ3n) is 2.50. The maximum atomic E-state index is 9.60. The SMILES string of the molecule is C=CCS(=O)(=O)[O-].CCCCCCCC[N+](C)(C)C. The van der Waals surface area contributed by atoms with Gasteiger partial charge in [0.05, 0.1) is 43.6 Å². The van der Waals surface area contributed by atoms with E-state index in [1.807, 2.05) is 0 Å². The molecule has 0 atom stereocenters. The molecule has 0 amide bonds. The van der Waals surface area contributed by atoms with Crippen molar-refractivity contribution >= 4 is 10.1 Å². The van der Waals surface area contributed by atoms with E-state index in [1.165, 1.54) is 45.1 Å². The molecule has 0 saturated carbocycles. The summed E-state index contributed by atoms with van der Waals surface area (Å²) in [6, 6.07) is 0. The molecule has 0 aromatic carbocycles. The molecule has 0 aliphatic carbocycles. The second kappa shape index (κ2) is 11.4. The highest BCUT2D eigenvalue weighted by Crippen LogP contribution is 2.06. The minimum absolute atomic E-state index is 0.479. The molecule has 0 fully saturated rings. The summed E-state index contributed by atoms with van der Waals surface area (Å²) in [5, 5.41) is 0. The first-order valence-corrected chi connectivity index (χ1v) is 8.55. The summed E-state index contributed by atoms with van der Waals surface area (Å²) in [4.78, 5) is 0. The molecule has 5 heteroatoms. The molecule has 0 spiro atoms. The lowest BCUT2D eigenvalue weighted by Gasteiger charge is -2.23. The number of unbranched alkanes of at least 4 members (excludes halogenated alkanes) is 5. The second-order valence-corrected chi connectivity index (χ2v) is 7.24. The monoisotopic (exact) mass is 293 g/mol. The first-order chi connectivity index (χ1) is 8.62. The fourth-order valence-corrected chi connectivity index (χ4v) is 1.80. The summed E-state index contributed by atoms with van der Waals surface area (Å²) in [6.07, 6.45) is 9.53. The topological polar surface area (TPSA) is 57.2 Å². The Balaban J connectivity index is 0. The van der Waals surface area contributed by atoms with E-state index in [0.29, 0.717) is 0 Å².